The van der Waals surface area contributed by atoms with Gasteiger partial charge in [-0.1, -0.05) is 24.3 Å². The molecule has 0 saturated carbocycles. The lowest BCUT2D eigenvalue weighted by Crippen LogP contribution is -2.34. The van der Waals surface area contributed by atoms with E-state index in [1.54, 1.807) is 14.2 Å². The van der Waals surface area contributed by atoms with Crippen LogP contribution in [-0.4, -0.2) is 33.3 Å². The maximum absolute atomic E-state index is 12.2. The van der Waals surface area contributed by atoms with Crippen LogP contribution in [-0.2, 0) is 17.6 Å². The summed E-state index contributed by atoms with van der Waals surface area (Å²) in [6.07, 6.45) is 2.04. The highest BCUT2D eigenvalue weighted by Gasteiger charge is 2.19. The molecule has 138 valence electrons. The molecule has 1 amide bonds. The molecule has 0 aromatic heterocycles. The average molecular weight is 355 g/mol. The summed E-state index contributed by atoms with van der Waals surface area (Å²) in [5.41, 5.74) is 2.26. The van der Waals surface area contributed by atoms with Crippen LogP contribution in [0.4, 0.5) is 0 Å². The number of ether oxygens (including phenoxy) is 3. The van der Waals surface area contributed by atoms with Crippen LogP contribution < -0.4 is 19.5 Å². The molecule has 0 saturated heterocycles. The number of amides is 1. The van der Waals surface area contributed by atoms with Crippen molar-refractivity contribution >= 4 is 5.91 Å². The van der Waals surface area contributed by atoms with Crippen molar-refractivity contribution < 1.29 is 19.0 Å². The molecular weight excluding hydrogens is 330 g/mol. The first-order valence-electron chi connectivity index (χ1n) is 8.88. The number of carbonyl (C=O) groups excluding carboxylic acids is 1. The monoisotopic (exact) mass is 355 g/mol. The van der Waals surface area contributed by atoms with E-state index in [-0.39, 0.29) is 5.91 Å². The van der Waals surface area contributed by atoms with Crippen LogP contribution in [0, 0.1) is 5.92 Å². The van der Waals surface area contributed by atoms with Crippen LogP contribution in [0.15, 0.2) is 42.5 Å². The predicted octanol–water partition coefficient (Wildman–Crippen LogP) is 3.00. The number of hydrogen-bond donors (Lipinski definition) is 1. The normalized spacial score (nSPS) is 15.5. The van der Waals surface area contributed by atoms with Gasteiger partial charge in [-0.15, -0.1) is 0 Å². The van der Waals surface area contributed by atoms with E-state index in [0.29, 0.717) is 43.4 Å². The van der Waals surface area contributed by atoms with Crippen LogP contribution in [0.5, 0.6) is 17.2 Å². The van der Waals surface area contributed by atoms with Crippen molar-refractivity contribution in [1.29, 1.82) is 0 Å². The lowest BCUT2D eigenvalue weighted by molar-refractivity contribution is -0.121. The number of methoxy groups -OCH3 is 2. The minimum Gasteiger partial charge on any atom is -0.493 e. The molecule has 1 unspecified atom stereocenters. The quantitative estimate of drug-likeness (QED) is 0.829. The molecule has 0 fully saturated rings. The molecule has 1 aliphatic heterocycles. The Labute approximate surface area is 154 Å². The summed E-state index contributed by atoms with van der Waals surface area (Å²) < 4.78 is 16.3. The van der Waals surface area contributed by atoms with Gasteiger partial charge in [0.15, 0.2) is 11.5 Å². The first-order valence-corrected chi connectivity index (χ1v) is 8.88. The molecular formula is C21H25NO4. The van der Waals surface area contributed by atoms with E-state index in [1.807, 2.05) is 36.4 Å². The number of para-hydroxylation sites is 1. The zero-order valence-corrected chi connectivity index (χ0v) is 15.3. The minimum absolute atomic E-state index is 0.0543. The first kappa shape index (κ1) is 18.1. The minimum atomic E-state index is 0.0543. The second kappa shape index (κ2) is 8.61. The number of nitrogens with one attached hydrogen (secondary N) is 1. The summed E-state index contributed by atoms with van der Waals surface area (Å²) in [4.78, 5) is 12.2. The van der Waals surface area contributed by atoms with Crippen LogP contribution in [0.3, 0.4) is 0 Å². The maximum Gasteiger partial charge on any atom is 0.220 e. The molecule has 26 heavy (non-hydrogen) atoms. The third-order valence-corrected chi connectivity index (χ3v) is 4.63. The van der Waals surface area contributed by atoms with Gasteiger partial charge in [-0.25, -0.2) is 0 Å². The molecule has 1 heterocycles. The highest BCUT2D eigenvalue weighted by Crippen LogP contribution is 2.28. The van der Waals surface area contributed by atoms with Crippen LogP contribution in [0.25, 0.3) is 0 Å². The second-order valence-corrected chi connectivity index (χ2v) is 6.48. The number of rotatable bonds is 7. The summed E-state index contributed by atoms with van der Waals surface area (Å²) in [7, 11) is 3.22. The van der Waals surface area contributed by atoms with Crippen LogP contribution in [0.1, 0.15) is 17.5 Å². The Bertz CT molecular complexity index is 759. The number of hydrogen-bond acceptors (Lipinski definition) is 4. The summed E-state index contributed by atoms with van der Waals surface area (Å²) in [5.74, 6) is 2.71. The molecule has 0 aliphatic carbocycles. The highest BCUT2D eigenvalue weighted by atomic mass is 16.5. The van der Waals surface area contributed by atoms with Crippen LogP contribution >= 0.6 is 0 Å². The maximum atomic E-state index is 12.2. The molecule has 0 bridgehead atoms. The Hall–Kier alpha value is -2.69. The van der Waals surface area contributed by atoms with Gasteiger partial charge >= 0.3 is 0 Å². The van der Waals surface area contributed by atoms with Gasteiger partial charge in [0.05, 0.1) is 20.8 Å². The van der Waals surface area contributed by atoms with Crippen molar-refractivity contribution in [3.63, 3.8) is 0 Å². The predicted molar refractivity (Wildman–Crippen MR) is 100 cm³/mol. The molecule has 1 N–H and O–H groups in total. The Morgan fingerprint density at radius 3 is 2.77 bits per heavy atom. The van der Waals surface area contributed by atoms with Gasteiger partial charge in [0, 0.05) is 18.9 Å². The summed E-state index contributed by atoms with van der Waals surface area (Å²) in [6, 6.07) is 13.8. The fourth-order valence-electron chi connectivity index (χ4n) is 3.16. The zero-order valence-electron chi connectivity index (χ0n) is 15.3. The van der Waals surface area contributed by atoms with E-state index < -0.39 is 0 Å². The average Bonchev–Trinajstić information content (AvgIpc) is 2.70. The molecule has 3 rings (SSSR count). The second-order valence-electron chi connectivity index (χ2n) is 6.48. The molecule has 1 aliphatic rings. The first-order chi connectivity index (χ1) is 12.7. The Kier molecular flexibility index (Phi) is 6.00. The molecule has 2 aromatic rings. The van der Waals surface area contributed by atoms with Crippen molar-refractivity contribution in [3.05, 3.63) is 53.6 Å². The van der Waals surface area contributed by atoms with Gasteiger partial charge in [-0.3, -0.25) is 4.79 Å². The molecule has 0 radical (unpaired) electrons. The molecule has 2 aromatic carbocycles. The smallest absolute Gasteiger partial charge is 0.220 e. The molecule has 0 spiro atoms. The lowest BCUT2D eigenvalue weighted by atomic mass is 9.96. The highest BCUT2D eigenvalue weighted by molar-refractivity contribution is 5.76. The fourth-order valence-corrected chi connectivity index (χ4v) is 3.16. The topological polar surface area (TPSA) is 56.8 Å². The number of fused-ring (bicyclic) bond motifs is 1. The zero-order chi connectivity index (χ0) is 18.4. The summed E-state index contributed by atoms with van der Waals surface area (Å²) >= 11 is 0. The lowest BCUT2D eigenvalue weighted by Gasteiger charge is -2.25. The fraction of sp³-hybridized carbons (Fsp3) is 0.381. The summed E-state index contributed by atoms with van der Waals surface area (Å²) in [6.45, 7) is 1.28. The molecule has 1 atom stereocenters. The van der Waals surface area contributed by atoms with Crippen molar-refractivity contribution in [3.8, 4) is 17.2 Å². The van der Waals surface area contributed by atoms with E-state index in [4.69, 9.17) is 14.2 Å². The Morgan fingerprint density at radius 2 is 1.96 bits per heavy atom. The van der Waals surface area contributed by atoms with E-state index in [0.717, 1.165) is 17.7 Å². The van der Waals surface area contributed by atoms with Gasteiger partial charge in [0.1, 0.15) is 5.75 Å². The van der Waals surface area contributed by atoms with Crippen molar-refractivity contribution in [1.82, 2.24) is 5.32 Å². The van der Waals surface area contributed by atoms with E-state index in [9.17, 15) is 4.79 Å². The van der Waals surface area contributed by atoms with Gasteiger partial charge in [0.25, 0.3) is 0 Å². The molecule has 5 heteroatoms. The number of carbonyl (C=O) groups is 1. The van der Waals surface area contributed by atoms with Gasteiger partial charge in [0.2, 0.25) is 5.91 Å². The summed E-state index contributed by atoms with van der Waals surface area (Å²) in [5, 5.41) is 3.03. The third-order valence-electron chi connectivity index (χ3n) is 4.63. The largest absolute Gasteiger partial charge is 0.493 e. The van der Waals surface area contributed by atoms with Gasteiger partial charge < -0.3 is 19.5 Å². The van der Waals surface area contributed by atoms with E-state index in [1.165, 1.54) is 5.56 Å². The van der Waals surface area contributed by atoms with Crippen molar-refractivity contribution in [2.24, 2.45) is 5.92 Å². The Morgan fingerprint density at radius 1 is 1.15 bits per heavy atom. The number of benzene rings is 2. The van der Waals surface area contributed by atoms with Crippen molar-refractivity contribution in [2.75, 3.05) is 27.4 Å². The standard InChI is InChI=1S/C21H25NO4/c1-24-19-9-7-15(12-20(19)25-2)8-10-21(23)22-13-16-11-17-5-3-4-6-18(17)26-14-16/h3-7,9,12,16H,8,10-11,13-14H2,1-2H3,(H,22,23). The van der Waals surface area contributed by atoms with Crippen LogP contribution in [0.2, 0.25) is 0 Å². The molecule has 5 nitrogen and oxygen atoms in total. The Balaban J connectivity index is 1.45. The number of aryl methyl sites for hydroxylation is 1. The van der Waals surface area contributed by atoms with E-state index in [2.05, 4.69) is 11.4 Å². The SMILES string of the molecule is COc1ccc(CCC(=O)NCC2COc3ccccc3C2)cc1OC. The third kappa shape index (κ3) is 4.48. The van der Waals surface area contributed by atoms with Gasteiger partial charge in [-0.05, 0) is 42.2 Å². The van der Waals surface area contributed by atoms with Crippen molar-refractivity contribution in [2.45, 2.75) is 19.3 Å². The van der Waals surface area contributed by atoms with Gasteiger partial charge in [-0.2, -0.15) is 0 Å². The van der Waals surface area contributed by atoms with E-state index >= 15 is 0 Å².